The number of carbonyl (C=O) groups excluding carboxylic acids is 2. The molecule has 36 heavy (non-hydrogen) atoms. The SMILES string of the molecule is C#Cc1ccc(C2CCN(C(=O)c3cc(NC(=O)O[C@H]4CCOC4)c(C4CCC4)cc3C)CC2)cc1. The molecular weight excluding hydrogens is 452 g/mol. The Labute approximate surface area is 213 Å². The van der Waals surface area contributed by atoms with Gasteiger partial charge in [0.15, 0.2) is 0 Å². The molecule has 2 heterocycles. The van der Waals surface area contributed by atoms with E-state index in [1.54, 1.807) is 0 Å². The Morgan fingerprint density at radius 1 is 1.06 bits per heavy atom. The van der Waals surface area contributed by atoms with Crippen molar-refractivity contribution in [2.75, 3.05) is 31.6 Å². The molecule has 188 valence electrons. The molecule has 2 amide bonds. The van der Waals surface area contributed by atoms with Gasteiger partial charge in [0.2, 0.25) is 0 Å². The van der Waals surface area contributed by atoms with Gasteiger partial charge in [-0.25, -0.2) is 4.79 Å². The van der Waals surface area contributed by atoms with Gasteiger partial charge in [0, 0.05) is 36.3 Å². The number of likely N-dealkylation sites (tertiary alicyclic amines) is 1. The minimum Gasteiger partial charge on any atom is -0.443 e. The average molecular weight is 487 g/mol. The van der Waals surface area contributed by atoms with Crippen molar-refractivity contribution in [1.82, 2.24) is 4.90 Å². The number of rotatable bonds is 5. The first-order chi connectivity index (χ1) is 17.5. The molecule has 0 bridgehead atoms. The summed E-state index contributed by atoms with van der Waals surface area (Å²) in [7, 11) is 0. The van der Waals surface area contributed by atoms with Crippen LogP contribution in [0, 0.1) is 19.3 Å². The molecule has 0 unspecified atom stereocenters. The summed E-state index contributed by atoms with van der Waals surface area (Å²) in [5.74, 6) is 3.52. The molecule has 0 aromatic heterocycles. The number of carbonyl (C=O) groups is 2. The summed E-state index contributed by atoms with van der Waals surface area (Å²) in [5, 5.41) is 2.95. The van der Waals surface area contributed by atoms with Crippen molar-refractivity contribution >= 4 is 17.7 Å². The van der Waals surface area contributed by atoms with Gasteiger partial charge in [-0.2, -0.15) is 0 Å². The Morgan fingerprint density at radius 3 is 2.42 bits per heavy atom. The topological polar surface area (TPSA) is 67.9 Å². The molecule has 1 N–H and O–H groups in total. The van der Waals surface area contributed by atoms with Crippen LogP contribution < -0.4 is 5.32 Å². The minimum atomic E-state index is -0.481. The first-order valence-electron chi connectivity index (χ1n) is 13.1. The number of anilines is 1. The number of hydrogen-bond donors (Lipinski definition) is 1. The fourth-order valence-electron chi connectivity index (χ4n) is 5.46. The van der Waals surface area contributed by atoms with Crippen LogP contribution in [0.5, 0.6) is 0 Å². The predicted octanol–water partition coefficient (Wildman–Crippen LogP) is 5.60. The summed E-state index contributed by atoms with van der Waals surface area (Å²) < 4.78 is 10.8. The molecule has 2 saturated heterocycles. The first kappa shape index (κ1) is 24.4. The fraction of sp³-hybridized carbons (Fsp3) is 0.467. The van der Waals surface area contributed by atoms with Crippen LogP contribution in [-0.2, 0) is 9.47 Å². The zero-order valence-electron chi connectivity index (χ0n) is 20.9. The summed E-state index contributed by atoms with van der Waals surface area (Å²) >= 11 is 0. The normalized spacial score (nSPS) is 20.4. The fourth-order valence-corrected chi connectivity index (χ4v) is 5.46. The lowest BCUT2D eigenvalue weighted by atomic mass is 9.78. The summed E-state index contributed by atoms with van der Waals surface area (Å²) in [6.45, 7) is 4.45. The number of terminal acetylenes is 1. The Balaban J connectivity index is 1.29. The van der Waals surface area contributed by atoms with Crippen LogP contribution in [0.2, 0.25) is 0 Å². The van der Waals surface area contributed by atoms with E-state index in [-0.39, 0.29) is 12.0 Å². The monoisotopic (exact) mass is 486 g/mol. The van der Waals surface area contributed by atoms with Gasteiger partial charge in [-0.3, -0.25) is 10.1 Å². The lowest BCUT2D eigenvalue weighted by Crippen LogP contribution is -2.38. The van der Waals surface area contributed by atoms with E-state index in [1.807, 2.05) is 30.0 Å². The standard InChI is InChI=1S/C30H34N2O4/c1-3-21-7-9-22(10-8-21)23-11-14-32(15-12-23)29(33)26-18-28(27(17-20(26)2)24-5-4-6-24)31-30(34)36-25-13-16-35-19-25/h1,7-10,17-18,23-25H,4-6,11-16,19H2,2H3,(H,31,34)/t25-/m0/s1. The molecule has 5 rings (SSSR count). The largest absolute Gasteiger partial charge is 0.443 e. The number of amides is 2. The van der Waals surface area contributed by atoms with Crippen LogP contribution >= 0.6 is 0 Å². The van der Waals surface area contributed by atoms with Gasteiger partial charge in [0.05, 0.1) is 13.2 Å². The van der Waals surface area contributed by atoms with Crippen molar-refractivity contribution in [3.8, 4) is 12.3 Å². The lowest BCUT2D eigenvalue weighted by molar-refractivity contribution is 0.0712. The maximum atomic E-state index is 13.6. The quantitative estimate of drug-likeness (QED) is 0.559. The minimum absolute atomic E-state index is 0.0226. The smallest absolute Gasteiger partial charge is 0.411 e. The van der Waals surface area contributed by atoms with E-state index in [0.29, 0.717) is 55.8 Å². The molecule has 2 aromatic carbocycles. The molecule has 1 atom stereocenters. The molecule has 1 saturated carbocycles. The second kappa shape index (κ2) is 10.8. The summed E-state index contributed by atoms with van der Waals surface area (Å²) in [5.41, 5.74) is 5.56. The Bertz CT molecular complexity index is 1150. The summed E-state index contributed by atoms with van der Waals surface area (Å²) in [6.07, 6.45) is 10.7. The Hall–Kier alpha value is -3.30. The van der Waals surface area contributed by atoms with E-state index in [1.165, 1.54) is 12.0 Å². The number of hydrogen-bond acceptors (Lipinski definition) is 4. The molecule has 6 heteroatoms. The van der Waals surface area contributed by atoms with E-state index in [4.69, 9.17) is 15.9 Å². The molecular formula is C30H34N2O4. The number of benzene rings is 2. The highest BCUT2D eigenvalue weighted by Gasteiger charge is 2.29. The van der Waals surface area contributed by atoms with Crippen molar-refractivity contribution in [2.45, 2.75) is 63.4 Å². The third-order valence-electron chi connectivity index (χ3n) is 7.90. The van der Waals surface area contributed by atoms with Gasteiger partial charge in [0.25, 0.3) is 5.91 Å². The van der Waals surface area contributed by atoms with Gasteiger partial charge in [-0.05, 0) is 79.3 Å². The van der Waals surface area contributed by atoms with Gasteiger partial charge < -0.3 is 14.4 Å². The molecule has 0 radical (unpaired) electrons. The highest BCUT2D eigenvalue weighted by atomic mass is 16.6. The van der Waals surface area contributed by atoms with Crippen LogP contribution in [0.25, 0.3) is 0 Å². The zero-order valence-corrected chi connectivity index (χ0v) is 20.9. The molecule has 3 fully saturated rings. The average Bonchev–Trinajstić information content (AvgIpc) is 3.37. The highest BCUT2D eigenvalue weighted by Crippen LogP contribution is 2.41. The molecule has 1 aliphatic carbocycles. The van der Waals surface area contributed by atoms with E-state index in [2.05, 4.69) is 29.4 Å². The highest BCUT2D eigenvalue weighted by molar-refractivity contribution is 5.98. The van der Waals surface area contributed by atoms with Crippen molar-refractivity contribution in [2.24, 2.45) is 0 Å². The van der Waals surface area contributed by atoms with Gasteiger partial charge >= 0.3 is 6.09 Å². The number of ether oxygens (including phenoxy) is 2. The van der Waals surface area contributed by atoms with Crippen molar-refractivity contribution in [3.63, 3.8) is 0 Å². The Kier molecular flexibility index (Phi) is 7.29. The van der Waals surface area contributed by atoms with Gasteiger partial charge in [-0.15, -0.1) is 6.42 Å². The number of nitrogens with one attached hydrogen (secondary N) is 1. The molecule has 2 aromatic rings. The lowest BCUT2D eigenvalue weighted by Gasteiger charge is -2.33. The molecule has 3 aliphatic rings. The molecule has 6 nitrogen and oxygen atoms in total. The third kappa shape index (κ3) is 5.27. The van der Waals surface area contributed by atoms with Crippen molar-refractivity contribution in [1.29, 1.82) is 0 Å². The summed E-state index contributed by atoms with van der Waals surface area (Å²) in [4.78, 5) is 28.1. The van der Waals surface area contributed by atoms with Crippen LogP contribution in [0.4, 0.5) is 10.5 Å². The van der Waals surface area contributed by atoms with E-state index in [0.717, 1.165) is 42.4 Å². The molecule has 2 aliphatic heterocycles. The number of aryl methyl sites for hydroxylation is 1. The van der Waals surface area contributed by atoms with E-state index >= 15 is 0 Å². The maximum absolute atomic E-state index is 13.6. The van der Waals surface area contributed by atoms with Crippen molar-refractivity contribution in [3.05, 3.63) is 64.2 Å². The summed E-state index contributed by atoms with van der Waals surface area (Å²) in [6, 6.07) is 12.1. The van der Waals surface area contributed by atoms with E-state index in [9.17, 15) is 9.59 Å². The van der Waals surface area contributed by atoms with E-state index < -0.39 is 6.09 Å². The first-order valence-corrected chi connectivity index (χ1v) is 13.1. The van der Waals surface area contributed by atoms with Gasteiger partial charge in [0.1, 0.15) is 6.10 Å². The van der Waals surface area contributed by atoms with Crippen LogP contribution in [0.1, 0.15) is 83.0 Å². The number of piperidine rings is 1. The zero-order chi connectivity index (χ0) is 25.1. The number of nitrogens with zero attached hydrogens (tertiary/aromatic N) is 1. The van der Waals surface area contributed by atoms with Crippen LogP contribution in [-0.4, -0.2) is 49.3 Å². The maximum Gasteiger partial charge on any atom is 0.411 e. The third-order valence-corrected chi connectivity index (χ3v) is 7.90. The predicted molar refractivity (Wildman–Crippen MR) is 139 cm³/mol. The van der Waals surface area contributed by atoms with Gasteiger partial charge in [-0.1, -0.05) is 30.5 Å². The van der Waals surface area contributed by atoms with Crippen molar-refractivity contribution < 1.29 is 19.1 Å². The molecule has 0 spiro atoms. The second-order valence-corrected chi connectivity index (χ2v) is 10.2. The van der Waals surface area contributed by atoms with Crippen LogP contribution in [0.3, 0.4) is 0 Å². The Morgan fingerprint density at radius 2 is 1.81 bits per heavy atom. The van der Waals surface area contributed by atoms with Crippen LogP contribution in [0.15, 0.2) is 36.4 Å². The second-order valence-electron chi connectivity index (χ2n) is 10.2.